The number of hydrogen-bond acceptors (Lipinski definition) is 0. The lowest BCUT2D eigenvalue weighted by Crippen LogP contribution is -2.15. The van der Waals surface area contributed by atoms with Gasteiger partial charge in [0.2, 0.25) is 0 Å². The third kappa shape index (κ3) is 2.24. The molecule has 0 nitrogen and oxygen atoms in total. The largest absolute Gasteiger partial charge is 0.0800 e. The molecule has 1 atom stereocenters. The fourth-order valence-electron chi connectivity index (χ4n) is 2.24. The molecule has 0 heteroatoms. The summed E-state index contributed by atoms with van der Waals surface area (Å²) in [5.74, 6) is 2.41. The quantitative estimate of drug-likeness (QED) is 0.566. The fraction of sp³-hybridized carbons (Fsp3) is 0.538. The van der Waals surface area contributed by atoms with Gasteiger partial charge in [-0.05, 0) is 38.0 Å². The summed E-state index contributed by atoms with van der Waals surface area (Å²) in [5.41, 5.74) is 1.38. The van der Waals surface area contributed by atoms with Crippen LogP contribution >= 0.6 is 0 Å². The monoisotopic (exact) mass is 174 g/mol. The third-order valence-corrected chi connectivity index (χ3v) is 3.10. The Morgan fingerprint density at radius 3 is 2.54 bits per heavy atom. The van der Waals surface area contributed by atoms with E-state index in [4.69, 9.17) is 0 Å². The molecule has 1 unspecified atom stereocenters. The average Bonchev–Trinajstić information content (AvgIpc) is 2.20. The molecule has 0 bridgehead atoms. The summed E-state index contributed by atoms with van der Waals surface area (Å²) in [7, 11) is 0. The van der Waals surface area contributed by atoms with Gasteiger partial charge in [-0.25, -0.2) is 0 Å². The van der Waals surface area contributed by atoms with Crippen molar-refractivity contribution in [3.8, 4) is 0 Å². The van der Waals surface area contributed by atoms with Crippen LogP contribution in [0.5, 0.6) is 0 Å². The molecule has 2 aliphatic carbocycles. The van der Waals surface area contributed by atoms with E-state index in [0.29, 0.717) is 5.92 Å². The normalized spacial score (nSPS) is 30.2. The van der Waals surface area contributed by atoms with Crippen LogP contribution in [-0.2, 0) is 0 Å². The molecule has 0 heterocycles. The van der Waals surface area contributed by atoms with E-state index in [1.54, 1.807) is 5.92 Å². The van der Waals surface area contributed by atoms with Crippen LogP contribution in [0.4, 0.5) is 0 Å². The smallest absolute Gasteiger partial charge is 0.00901 e. The molecule has 0 amide bonds. The highest BCUT2D eigenvalue weighted by Gasteiger charge is 2.22. The van der Waals surface area contributed by atoms with Gasteiger partial charge in [0.05, 0.1) is 0 Å². The van der Waals surface area contributed by atoms with Gasteiger partial charge in [-0.3, -0.25) is 0 Å². The topological polar surface area (TPSA) is 0 Å². The Morgan fingerprint density at radius 2 is 1.92 bits per heavy atom. The molecule has 0 aromatic carbocycles. The maximum atomic E-state index is 2.36. The zero-order valence-corrected chi connectivity index (χ0v) is 8.42. The number of rotatable bonds is 1. The molecule has 2 aliphatic rings. The summed E-state index contributed by atoms with van der Waals surface area (Å²) < 4.78 is 0. The Labute approximate surface area is 81.7 Å². The molecule has 0 spiro atoms. The average molecular weight is 174 g/mol. The first kappa shape index (κ1) is 9.05. The second-order valence-electron chi connectivity index (χ2n) is 4.21. The van der Waals surface area contributed by atoms with Gasteiger partial charge in [0.25, 0.3) is 0 Å². The minimum atomic E-state index is 0.656. The minimum Gasteiger partial charge on any atom is -0.0800 e. The predicted molar refractivity (Wildman–Crippen MR) is 57.0 cm³/mol. The Kier molecular flexibility index (Phi) is 2.87. The maximum Gasteiger partial charge on any atom is -0.00901 e. The Balaban J connectivity index is 1.91. The molecule has 2 rings (SSSR count). The lowest BCUT2D eigenvalue weighted by molar-refractivity contribution is 0.484. The first-order valence-corrected chi connectivity index (χ1v) is 5.41. The maximum absolute atomic E-state index is 2.36. The van der Waals surface area contributed by atoms with E-state index in [0.717, 1.165) is 0 Å². The molecule has 0 aliphatic heterocycles. The van der Waals surface area contributed by atoms with Crippen LogP contribution < -0.4 is 0 Å². The molecule has 0 N–H and O–H groups in total. The van der Waals surface area contributed by atoms with E-state index in [2.05, 4.69) is 31.6 Å². The van der Waals surface area contributed by atoms with Gasteiger partial charge >= 0.3 is 0 Å². The summed E-state index contributed by atoms with van der Waals surface area (Å²) >= 11 is 0. The molecule has 0 aromatic rings. The summed E-state index contributed by atoms with van der Waals surface area (Å²) in [4.78, 5) is 0. The second-order valence-corrected chi connectivity index (χ2v) is 4.21. The number of allylic oxidation sites excluding steroid dienone is 4. The van der Waals surface area contributed by atoms with Crippen LogP contribution in [0.1, 0.15) is 39.0 Å². The highest BCUT2D eigenvalue weighted by molar-refractivity contribution is 5.31. The van der Waals surface area contributed by atoms with Gasteiger partial charge in [0.15, 0.2) is 0 Å². The first-order valence-electron chi connectivity index (χ1n) is 5.41. The van der Waals surface area contributed by atoms with Crippen molar-refractivity contribution in [2.45, 2.75) is 39.0 Å². The van der Waals surface area contributed by atoms with Crippen molar-refractivity contribution in [3.05, 3.63) is 36.1 Å². The van der Waals surface area contributed by atoms with E-state index >= 15 is 0 Å². The summed E-state index contributed by atoms with van der Waals surface area (Å²) in [5, 5.41) is 0. The summed E-state index contributed by atoms with van der Waals surface area (Å²) in [6.45, 7) is 2.16. The van der Waals surface area contributed by atoms with Crippen molar-refractivity contribution in [2.24, 2.45) is 5.92 Å². The molecule has 70 valence electrons. The van der Waals surface area contributed by atoms with Crippen LogP contribution in [0.25, 0.3) is 0 Å². The highest BCUT2D eigenvalue weighted by Crippen LogP contribution is 2.35. The van der Waals surface area contributed by atoms with Crippen molar-refractivity contribution >= 4 is 0 Å². The van der Waals surface area contributed by atoms with Crippen molar-refractivity contribution in [3.63, 3.8) is 0 Å². The van der Waals surface area contributed by atoms with Gasteiger partial charge in [0.1, 0.15) is 0 Å². The van der Waals surface area contributed by atoms with E-state index in [1.165, 1.54) is 37.7 Å². The van der Waals surface area contributed by atoms with Crippen LogP contribution in [0.15, 0.2) is 23.8 Å². The van der Waals surface area contributed by atoms with Crippen molar-refractivity contribution < 1.29 is 0 Å². The zero-order valence-electron chi connectivity index (χ0n) is 8.42. The second kappa shape index (κ2) is 4.13. The molecule has 0 saturated heterocycles. The SMILES string of the molecule is CC1=C[CH]C([C]2CCCCC2)C=C1. The van der Waals surface area contributed by atoms with E-state index in [1.807, 2.05) is 0 Å². The van der Waals surface area contributed by atoms with Crippen molar-refractivity contribution in [2.75, 3.05) is 0 Å². The van der Waals surface area contributed by atoms with E-state index in [-0.39, 0.29) is 0 Å². The Bertz CT molecular complexity index is 216. The molecule has 0 aromatic heterocycles. The fourth-order valence-corrected chi connectivity index (χ4v) is 2.24. The molecule has 13 heavy (non-hydrogen) atoms. The lowest BCUT2D eigenvalue weighted by atomic mass is 9.77. The lowest BCUT2D eigenvalue weighted by Gasteiger charge is -2.28. The van der Waals surface area contributed by atoms with E-state index in [9.17, 15) is 0 Å². The van der Waals surface area contributed by atoms with Crippen molar-refractivity contribution in [1.82, 2.24) is 0 Å². The highest BCUT2D eigenvalue weighted by atomic mass is 14.3. The molecule has 1 saturated carbocycles. The summed E-state index contributed by atoms with van der Waals surface area (Å²) in [6, 6.07) is 0. The standard InChI is InChI=1S/C13H18/c1-11-7-9-13(10-8-11)12-5-3-2-4-6-12/h7-10,13H,2-6H2,1H3. The van der Waals surface area contributed by atoms with Crippen molar-refractivity contribution in [1.29, 1.82) is 0 Å². The Morgan fingerprint density at radius 1 is 1.15 bits per heavy atom. The van der Waals surface area contributed by atoms with Crippen LogP contribution in [-0.4, -0.2) is 0 Å². The first-order chi connectivity index (χ1) is 6.36. The van der Waals surface area contributed by atoms with E-state index < -0.39 is 0 Å². The number of hydrogen-bond donors (Lipinski definition) is 0. The van der Waals surface area contributed by atoms with Gasteiger partial charge in [-0.2, -0.15) is 0 Å². The molecular formula is C13H18. The van der Waals surface area contributed by atoms with Gasteiger partial charge in [-0.15, -0.1) is 0 Å². The molecule has 2 radical (unpaired) electrons. The molecule has 1 fully saturated rings. The zero-order chi connectivity index (χ0) is 9.10. The van der Waals surface area contributed by atoms with Gasteiger partial charge < -0.3 is 0 Å². The van der Waals surface area contributed by atoms with Gasteiger partial charge in [-0.1, -0.05) is 43.1 Å². The van der Waals surface area contributed by atoms with Crippen LogP contribution in [0, 0.1) is 18.3 Å². The van der Waals surface area contributed by atoms with Crippen LogP contribution in [0.2, 0.25) is 0 Å². The van der Waals surface area contributed by atoms with Crippen LogP contribution in [0.3, 0.4) is 0 Å². The predicted octanol–water partition coefficient (Wildman–Crippen LogP) is 3.86. The molecular weight excluding hydrogens is 156 g/mol. The minimum absolute atomic E-state index is 0.656. The third-order valence-electron chi connectivity index (χ3n) is 3.10. The summed E-state index contributed by atoms with van der Waals surface area (Å²) in [6.07, 6.45) is 16.2. The van der Waals surface area contributed by atoms with Gasteiger partial charge in [0, 0.05) is 0 Å². The Hall–Kier alpha value is -0.520.